The van der Waals surface area contributed by atoms with Gasteiger partial charge in [0.05, 0.1) is 86.2 Å². The topological polar surface area (TPSA) is 346 Å². The number of nitrogens with one attached hydrogen (secondary N) is 2. The van der Waals surface area contributed by atoms with Gasteiger partial charge in [0, 0.05) is 125 Å². The van der Waals surface area contributed by atoms with Gasteiger partial charge in [-0.3, -0.25) is 47.9 Å². The normalized spacial score (nSPS) is 9.95. The van der Waals surface area contributed by atoms with Crippen LogP contribution in [-0.4, -0.2) is 167 Å². The standard InChI is InChI=1S/C13H13ClN2O3S.C12H14O2S.C11H12ClNO2S.C10H8ClNOS.C9H8BrFOS.C8H9ClN2O2S.C8H10N2O2S.C7H7FN2OS/c1-18-11-4-8-9(3-7(17)6-20)15-13(14)16-10(8)5-12(11)19-2;1-9(13)5-10-3-2-4-11(6-10)7-12(14)8-15;1-7(14)13-9-2-3-11(12)8(4-9)5-10(15)6-16;11-10-3-7(5-12)1-2-8(10)4-9(13)6-14;10-8-2-1-6(4-9(8)11)3-7(12)5-13;1-13-8-3-6(9)10-7(11-8)2-5(12)4-14;1-12-8-3-6(9-5-10-8)2-7(11)4-13;8-5-1-2-6(9-3-5)10-7(11)4-12/h4-5,20H,3,6H2,1-2H3;2-4,6,15H,5,7-8H2,1H3;2-4,16H,5-6H2,1H3,(H,13,14);1-3,14H,4,6H2;1-2,4,13H,3,5H2;3,14H,2,4H2,1H3;3,5,13H,2,4H2,1H3;1-3,12H,4H2,(H,9,10,11). The van der Waals surface area contributed by atoms with Crippen molar-refractivity contribution in [3.05, 3.63) is 215 Å². The van der Waals surface area contributed by atoms with Gasteiger partial charge in [-0.15, -0.1) is 0 Å². The van der Waals surface area contributed by atoms with Gasteiger partial charge >= 0.3 is 0 Å². The summed E-state index contributed by atoms with van der Waals surface area (Å²) in [4.78, 5) is 138. The van der Waals surface area contributed by atoms with Crippen molar-refractivity contribution in [2.75, 3.05) is 85.1 Å². The van der Waals surface area contributed by atoms with Gasteiger partial charge in [0.15, 0.2) is 11.5 Å². The third-order valence-electron chi connectivity index (χ3n) is 14.1. The number of anilines is 2. The molecule has 2 N–H and O–H groups in total. The average Bonchev–Trinajstić information content (AvgIpc) is 0.787. The Balaban J connectivity index is 0.000000456. The molecular formula is C78H81BrCl4F2N10O14S8. The van der Waals surface area contributed by atoms with Crippen molar-refractivity contribution in [2.24, 2.45) is 0 Å². The van der Waals surface area contributed by atoms with Gasteiger partial charge in [-0.2, -0.15) is 111 Å². The number of aromatic nitrogens is 7. The predicted molar refractivity (Wildman–Crippen MR) is 481 cm³/mol. The minimum absolute atomic E-state index is 0.00907. The highest BCUT2D eigenvalue weighted by molar-refractivity contribution is 9.10. The summed E-state index contributed by atoms with van der Waals surface area (Å²) in [5, 5.41) is 15.7. The van der Waals surface area contributed by atoms with Crippen LogP contribution in [0.15, 0.2) is 132 Å². The molecule has 9 rings (SSSR count). The first-order valence-corrected chi connectivity index (χ1v) is 41.2. The number of carbonyl (C=O) groups excluding carboxylic acids is 10. The van der Waals surface area contributed by atoms with E-state index in [0.29, 0.717) is 107 Å². The molecule has 0 saturated carbocycles. The number of thiol groups is 8. The minimum Gasteiger partial charge on any atom is -0.493 e. The van der Waals surface area contributed by atoms with Gasteiger partial charge in [-0.25, -0.2) is 38.7 Å². The lowest BCUT2D eigenvalue weighted by Gasteiger charge is -2.11. The van der Waals surface area contributed by atoms with Crippen LogP contribution in [0.2, 0.25) is 20.5 Å². The highest BCUT2D eigenvalue weighted by Gasteiger charge is 2.17. The van der Waals surface area contributed by atoms with Gasteiger partial charge in [0.2, 0.25) is 28.9 Å². The number of nitriles is 1. The molecule has 0 bridgehead atoms. The number of carbonyl (C=O) groups is 10. The van der Waals surface area contributed by atoms with Crippen molar-refractivity contribution >= 4 is 244 Å². The van der Waals surface area contributed by atoms with Crippen molar-refractivity contribution < 1.29 is 75.7 Å². The summed E-state index contributed by atoms with van der Waals surface area (Å²) in [6.07, 6.45) is 4.55. The molecule has 0 fully saturated rings. The third-order valence-corrected chi connectivity index (χ3v) is 18.6. The molecule has 0 aliphatic carbocycles. The second kappa shape index (κ2) is 58.8. The Morgan fingerprint density at radius 1 is 0.487 bits per heavy atom. The van der Waals surface area contributed by atoms with Gasteiger partial charge in [-0.1, -0.05) is 71.2 Å². The Labute approximate surface area is 747 Å². The van der Waals surface area contributed by atoms with E-state index in [1.807, 2.05) is 30.3 Å². The number of Topliss-reactive ketones (excluding diaryl/α,β-unsaturated/α-hetero) is 8. The lowest BCUT2D eigenvalue weighted by molar-refractivity contribution is -0.117. The molecule has 0 radical (unpaired) electrons. The quantitative estimate of drug-likeness (QED) is 0.0114. The second-order valence-corrected chi connectivity index (χ2v) is 28.3. The molecule has 2 amide bonds. The van der Waals surface area contributed by atoms with Crippen LogP contribution in [0.3, 0.4) is 0 Å². The summed E-state index contributed by atoms with van der Waals surface area (Å²) in [6.45, 7) is 2.98. The van der Waals surface area contributed by atoms with E-state index >= 15 is 0 Å². The second-order valence-electron chi connectivity index (χ2n) is 23.4. The first-order valence-electron chi connectivity index (χ1n) is 33.8. The Hall–Kier alpha value is -7.96. The number of halogens is 7. The summed E-state index contributed by atoms with van der Waals surface area (Å²) < 4.78 is 45.9. The van der Waals surface area contributed by atoms with E-state index in [1.165, 1.54) is 58.8 Å². The fourth-order valence-electron chi connectivity index (χ4n) is 8.84. The van der Waals surface area contributed by atoms with Crippen LogP contribution in [0, 0.1) is 23.0 Å². The molecule has 9 aromatic rings. The maximum Gasteiger partial charge on any atom is 0.235 e. The van der Waals surface area contributed by atoms with Crippen LogP contribution in [0.4, 0.5) is 20.3 Å². The number of nitrogens with zero attached hydrogens (tertiary/aromatic N) is 8. The molecule has 5 aromatic carbocycles. The first-order chi connectivity index (χ1) is 55.6. The number of ketones is 8. The Morgan fingerprint density at radius 3 is 1.57 bits per heavy atom. The number of hydrogen-bond donors (Lipinski definition) is 10. The molecule has 0 spiro atoms. The number of fused-ring (bicyclic) bond motifs is 1. The lowest BCUT2D eigenvalue weighted by atomic mass is 10.0. The zero-order valence-corrected chi connectivity index (χ0v) is 75.2. The van der Waals surface area contributed by atoms with E-state index in [2.05, 4.69) is 162 Å². The highest BCUT2D eigenvalue weighted by Crippen LogP contribution is 2.33. The number of amides is 2. The number of ether oxygens (including phenoxy) is 4. The number of pyridine rings is 1. The molecule has 39 heteroatoms. The van der Waals surface area contributed by atoms with Gasteiger partial charge in [0.1, 0.15) is 81.0 Å². The fourth-order valence-corrected chi connectivity index (χ4v) is 10.8. The number of benzene rings is 5. The summed E-state index contributed by atoms with van der Waals surface area (Å²) in [7, 11) is 6.08. The molecule has 0 saturated heterocycles. The van der Waals surface area contributed by atoms with Crippen LogP contribution < -0.4 is 29.6 Å². The molecule has 4 aromatic heterocycles. The molecule has 117 heavy (non-hydrogen) atoms. The molecule has 0 aliphatic rings. The molecule has 0 atom stereocenters. The number of rotatable bonds is 30. The van der Waals surface area contributed by atoms with Gasteiger partial charge < -0.3 is 29.6 Å². The zero-order chi connectivity index (χ0) is 87.7. The molecule has 4 heterocycles. The fraction of sp³-hybridized carbons (Fsp3) is 0.282. The van der Waals surface area contributed by atoms with Crippen LogP contribution in [0.1, 0.15) is 64.4 Å². The van der Waals surface area contributed by atoms with Crippen molar-refractivity contribution in [3.63, 3.8) is 0 Å². The summed E-state index contributed by atoms with van der Waals surface area (Å²) in [5.41, 5.74) is 6.99. The molecule has 24 nitrogen and oxygen atoms in total. The number of hydrogen-bond acceptors (Lipinski definition) is 30. The Bertz CT molecular complexity index is 4900. The predicted octanol–water partition coefficient (Wildman–Crippen LogP) is 14.2. The molecule has 0 aliphatic heterocycles. The smallest absolute Gasteiger partial charge is 0.235 e. The van der Waals surface area contributed by atoms with Crippen LogP contribution in [-0.2, 0) is 99.3 Å². The maximum absolute atomic E-state index is 13.0. The Kier molecular flexibility index (Phi) is 52.9. The van der Waals surface area contributed by atoms with Crippen molar-refractivity contribution in [3.8, 4) is 29.3 Å². The third kappa shape index (κ3) is 43.5. The van der Waals surface area contributed by atoms with Crippen LogP contribution in [0.25, 0.3) is 10.9 Å². The SMILES string of the molecule is CC(=O)Cc1cccc(CC(=O)CS)c1.CC(=O)Nc1ccc(Cl)c(CC(=O)CS)c1.COc1cc(CC(=O)CS)ncn1.COc1cc(Cl)nc(CC(=O)CS)n1.COc1cc2nc(Cl)nc(CC(=O)CS)c2cc1OC.N#Cc1ccc(CC(=O)CS)c(Cl)c1.O=C(CS)Cc1ccc(Br)c(F)c1.O=C(CS)Nc1ccc(F)cn1. The van der Waals surface area contributed by atoms with Gasteiger partial charge in [0.25, 0.3) is 0 Å². The monoisotopic (exact) mass is 1890 g/mol. The Morgan fingerprint density at radius 2 is 1.04 bits per heavy atom. The molecule has 0 unspecified atom stereocenters. The van der Waals surface area contributed by atoms with E-state index in [9.17, 15) is 56.7 Å². The average molecular weight is 1900 g/mol. The lowest BCUT2D eigenvalue weighted by Crippen LogP contribution is -2.13. The van der Waals surface area contributed by atoms with Gasteiger partial charge in [-0.05, 0) is 123 Å². The summed E-state index contributed by atoms with van der Waals surface area (Å²) in [5.74, 6) is 3.02. The zero-order valence-electron chi connectivity index (χ0n) is 63.5. The van der Waals surface area contributed by atoms with Crippen LogP contribution >= 0.6 is 163 Å². The number of methoxy groups -OCH3 is 4. The largest absolute Gasteiger partial charge is 0.493 e. The van der Waals surface area contributed by atoms with Crippen molar-refractivity contribution in [1.82, 2.24) is 34.9 Å². The minimum atomic E-state index is -0.432. The first kappa shape index (κ1) is 105. The highest BCUT2D eigenvalue weighted by atomic mass is 79.9. The molecular weight excluding hydrogens is 1820 g/mol. The van der Waals surface area contributed by atoms with Crippen molar-refractivity contribution in [2.45, 2.75) is 65.2 Å². The van der Waals surface area contributed by atoms with Crippen molar-refractivity contribution in [1.29, 1.82) is 5.26 Å². The van der Waals surface area contributed by atoms with E-state index in [-0.39, 0.29) is 159 Å². The van der Waals surface area contributed by atoms with E-state index in [4.69, 9.17) is 70.6 Å². The summed E-state index contributed by atoms with van der Waals surface area (Å²) >= 11 is 57.4. The van der Waals surface area contributed by atoms with E-state index < -0.39 is 5.82 Å². The van der Waals surface area contributed by atoms with Crippen LogP contribution in [0.5, 0.6) is 23.3 Å². The summed E-state index contributed by atoms with van der Waals surface area (Å²) in [6, 6.07) is 33.3. The maximum atomic E-state index is 13.0. The molecule has 624 valence electrons. The van der Waals surface area contributed by atoms with E-state index in [1.54, 1.807) is 80.8 Å². The van der Waals surface area contributed by atoms with E-state index in [0.717, 1.165) is 22.9 Å².